The van der Waals surface area contributed by atoms with Gasteiger partial charge in [0.2, 0.25) is 0 Å². The minimum atomic E-state index is -0.403. The van der Waals surface area contributed by atoms with Crippen molar-refractivity contribution in [2.75, 3.05) is 0 Å². The van der Waals surface area contributed by atoms with Crippen LogP contribution in [0, 0.1) is 10.1 Å². The van der Waals surface area contributed by atoms with E-state index in [4.69, 9.17) is 11.6 Å². The van der Waals surface area contributed by atoms with E-state index in [0.29, 0.717) is 9.92 Å². The first-order valence-electron chi connectivity index (χ1n) is 6.25. The molecule has 21 heavy (non-hydrogen) atoms. The predicted octanol–water partition coefficient (Wildman–Crippen LogP) is 5.55. The fourth-order valence-corrected chi connectivity index (χ4v) is 3.34. The Bertz CT molecular complexity index is 830. The molecule has 0 aliphatic heterocycles. The standard InChI is InChI=1S/C16H10ClNO2S/c17-12-8-9-16(14(10-12)18(19)20)21-15-7-3-5-11-4-1-2-6-13(11)15/h1-10H. The molecule has 0 radical (unpaired) electrons. The number of benzene rings is 3. The summed E-state index contributed by atoms with van der Waals surface area (Å²) in [4.78, 5) is 12.3. The molecule has 0 saturated heterocycles. The summed E-state index contributed by atoms with van der Waals surface area (Å²) < 4.78 is 0. The molecule has 0 bridgehead atoms. The predicted molar refractivity (Wildman–Crippen MR) is 86.2 cm³/mol. The molecule has 0 aliphatic rings. The van der Waals surface area contributed by atoms with E-state index in [0.717, 1.165) is 15.7 Å². The lowest BCUT2D eigenvalue weighted by atomic mass is 10.1. The van der Waals surface area contributed by atoms with Gasteiger partial charge in [0.05, 0.1) is 9.82 Å². The van der Waals surface area contributed by atoms with Crippen molar-refractivity contribution in [1.29, 1.82) is 0 Å². The first kappa shape index (κ1) is 13.9. The molecule has 3 aromatic carbocycles. The van der Waals surface area contributed by atoms with Crippen LogP contribution in [0.3, 0.4) is 0 Å². The minimum Gasteiger partial charge on any atom is -0.258 e. The van der Waals surface area contributed by atoms with Crippen LogP contribution in [-0.4, -0.2) is 4.92 Å². The minimum absolute atomic E-state index is 0.0282. The van der Waals surface area contributed by atoms with Gasteiger partial charge < -0.3 is 0 Å². The molecule has 3 rings (SSSR count). The van der Waals surface area contributed by atoms with Gasteiger partial charge in [0, 0.05) is 16.0 Å². The fraction of sp³-hybridized carbons (Fsp3) is 0. The van der Waals surface area contributed by atoms with E-state index < -0.39 is 4.92 Å². The number of rotatable bonds is 3. The van der Waals surface area contributed by atoms with Crippen LogP contribution in [-0.2, 0) is 0 Å². The molecule has 0 unspecified atom stereocenters. The Kier molecular flexibility index (Phi) is 3.82. The highest BCUT2D eigenvalue weighted by atomic mass is 35.5. The molecule has 0 amide bonds. The quantitative estimate of drug-likeness (QED) is 0.470. The Morgan fingerprint density at radius 3 is 2.52 bits per heavy atom. The van der Waals surface area contributed by atoms with Crippen LogP contribution in [0.2, 0.25) is 5.02 Å². The number of hydrogen-bond donors (Lipinski definition) is 0. The fourth-order valence-electron chi connectivity index (χ4n) is 2.12. The SMILES string of the molecule is O=[N+]([O-])c1cc(Cl)ccc1Sc1cccc2ccccc12. The van der Waals surface area contributed by atoms with Crippen molar-refractivity contribution in [3.8, 4) is 0 Å². The van der Waals surface area contributed by atoms with Crippen molar-refractivity contribution >= 4 is 39.8 Å². The molecule has 0 aromatic heterocycles. The highest BCUT2D eigenvalue weighted by Crippen LogP contribution is 2.39. The summed E-state index contributed by atoms with van der Waals surface area (Å²) in [6.07, 6.45) is 0. The molecule has 0 atom stereocenters. The summed E-state index contributed by atoms with van der Waals surface area (Å²) in [6.45, 7) is 0. The van der Waals surface area contributed by atoms with Gasteiger partial charge >= 0.3 is 0 Å². The summed E-state index contributed by atoms with van der Waals surface area (Å²) in [5.74, 6) is 0. The van der Waals surface area contributed by atoms with Crippen LogP contribution in [0.1, 0.15) is 0 Å². The van der Waals surface area contributed by atoms with Gasteiger partial charge in [0.15, 0.2) is 0 Å². The lowest BCUT2D eigenvalue weighted by Crippen LogP contribution is -1.90. The van der Waals surface area contributed by atoms with E-state index in [-0.39, 0.29) is 5.69 Å². The zero-order chi connectivity index (χ0) is 14.8. The number of nitrogens with zero attached hydrogens (tertiary/aromatic N) is 1. The largest absolute Gasteiger partial charge is 0.284 e. The van der Waals surface area contributed by atoms with Gasteiger partial charge in [-0.2, -0.15) is 0 Å². The highest BCUT2D eigenvalue weighted by molar-refractivity contribution is 7.99. The normalized spacial score (nSPS) is 10.7. The number of hydrogen-bond acceptors (Lipinski definition) is 3. The number of halogens is 1. The summed E-state index contributed by atoms with van der Waals surface area (Å²) in [7, 11) is 0. The Hall–Kier alpha value is -2.04. The zero-order valence-electron chi connectivity index (χ0n) is 10.8. The van der Waals surface area contributed by atoms with E-state index in [9.17, 15) is 10.1 Å². The van der Waals surface area contributed by atoms with Gasteiger partial charge in [0.1, 0.15) is 0 Å². The van der Waals surface area contributed by atoms with Crippen LogP contribution in [0.5, 0.6) is 0 Å². The van der Waals surface area contributed by atoms with Crippen molar-refractivity contribution in [2.45, 2.75) is 9.79 Å². The van der Waals surface area contributed by atoms with Crippen molar-refractivity contribution in [3.05, 3.63) is 75.8 Å². The molecule has 0 saturated carbocycles. The summed E-state index contributed by atoms with van der Waals surface area (Å²) in [5, 5.41) is 13.7. The lowest BCUT2D eigenvalue weighted by Gasteiger charge is -2.07. The van der Waals surface area contributed by atoms with Crippen molar-refractivity contribution in [1.82, 2.24) is 0 Å². The molecule has 0 N–H and O–H groups in total. The first-order chi connectivity index (χ1) is 10.1. The van der Waals surface area contributed by atoms with Crippen molar-refractivity contribution in [2.24, 2.45) is 0 Å². The number of nitro groups is 1. The first-order valence-corrected chi connectivity index (χ1v) is 7.44. The van der Waals surface area contributed by atoms with E-state index >= 15 is 0 Å². The molecule has 0 heterocycles. The Morgan fingerprint density at radius 1 is 0.952 bits per heavy atom. The maximum absolute atomic E-state index is 11.2. The zero-order valence-corrected chi connectivity index (χ0v) is 12.4. The Balaban J connectivity index is 2.09. The molecule has 3 aromatic rings. The highest BCUT2D eigenvalue weighted by Gasteiger charge is 2.16. The average molecular weight is 316 g/mol. The second-order valence-corrected chi connectivity index (χ2v) is 5.97. The molecule has 104 valence electrons. The summed E-state index contributed by atoms with van der Waals surface area (Å²) in [5.41, 5.74) is 0.0282. The molecule has 3 nitrogen and oxygen atoms in total. The smallest absolute Gasteiger partial charge is 0.258 e. The maximum atomic E-state index is 11.2. The number of fused-ring (bicyclic) bond motifs is 1. The van der Waals surface area contributed by atoms with E-state index in [1.807, 2.05) is 42.5 Å². The monoisotopic (exact) mass is 315 g/mol. The van der Waals surface area contributed by atoms with Gasteiger partial charge in [-0.3, -0.25) is 10.1 Å². The molecular weight excluding hydrogens is 306 g/mol. The average Bonchev–Trinajstić information content (AvgIpc) is 2.49. The molecular formula is C16H10ClNO2S. The Labute approximate surface area is 130 Å². The third-order valence-electron chi connectivity index (χ3n) is 3.09. The number of nitro benzene ring substituents is 1. The van der Waals surface area contributed by atoms with Gasteiger partial charge in [0.25, 0.3) is 5.69 Å². The van der Waals surface area contributed by atoms with Crippen LogP contribution in [0.15, 0.2) is 70.5 Å². The van der Waals surface area contributed by atoms with Gasteiger partial charge in [-0.05, 0) is 29.0 Å². The third-order valence-corrected chi connectivity index (χ3v) is 4.46. The lowest BCUT2D eigenvalue weighted by molar-refractivity contribution is -0.387. The van der Waals surface area contributed by atoms with Gasteiger partial charge in [-0.25, -0.2) is 0 Å². The van der Waals surface area contributed by atoms with Crippen LogP contribution in [0.25, 0.3) is 10.8 Å². The molecule has 0 fully saturated rings. The topological polar surface area (TPSA) is 43.1 Å². The molecule has 5 heteroatoms. The van der Waals surface area contributed by atoms with Crippen LogP contribution >= 0.6 is 23.4 Å². The van der Waals surface area contributed by atoms with E-state index in [2.05, 4.69) is 0 Å². The van der Waals surface area contributed by atoms with Gasteiger partial charge in [-0.1, -0.05) is 59.8 Å². The summed E-state index contributed by atoms with van der Waals surface area (Å²) >= 11 is 7.23. The maximum Gasteiger partial charge on any atom is 0.284 e. The van der Waals surface area contributed by atoms with Crippen LogP contribution < -0.4 is 0 Å². The second kappa shape index (κ2) is 5.76. The van der Waals surface area contributed by atoms with Crippen LogP contribution in [0.4, 0.5) is 5.69 Å². The third kappa shape index (κ3) is 2.86. The second-order valence-electron chi connectivity index (χ2n) is 4.45. The Morgan fingerprint density at radius 2 is 1.71 bits per heavy atom. The van der Waals surface area contributed by atoms with E-state index in [1.54, 1.807) is 12.1 Å². The van der Waals surface area contributed by atoms with Crippen molar-refractivity contribution < 1.29 is 4.92 Å². The summed E-state index contributed by atoms with van der Waals surface area (Å²) in [6, 6.07) is 18.6. The molecule has 0 spiro atoms. The molecule has 0 aliphatic carbocycles. The van der Waals surface area contributed by atoms with E-state index in [1.165, 1.54) is 17.8 Å². The van der Waals surface area contributed by atoms with Gasteiger partial charge in [-0.15, -0.1) is 0 Å². The van der Waals surface area contributed by atoms with Crippen molar-refractivity contribution in [3.63, 3.8) is 0 Å².